The molecule has 0 amide bonds. The molecule has 0 heterocycles. The van der Waals surface area contributed by atoms with Crippen LogP contribution in [0.2, 0.25) is 5.02 Å². The van der Waals surface area contributed by atoms with E-state index in [1.165, 1.54) is 19.3 Å². The minimum atomic E-state index is -2.34. The molecule has 1 aliphatic carbocycles. The summed E-state index contributed by atoms with van der Waals surface area (Å²) in [6.07, 6.45) is 7.54. The maximum absolute atomic E-state index is 12.1. The molecule has 0 bridgehead atoms. The molecule has 0 N–H and O–H groups in total. The lowest BCUT2D eigenvalue weighted by atomic mass is 9.98. The fraction of sp³-hybridized carbons (Fsp3) is 0.588. The summed E-state index contributed by atoms with van der Waals surface area (Å²) in [5, 5.41) is 0.561. The van der Waals surface area contributed by atoms with E-state index >= 15 is 0 Å². The predicted molar refractivity (Wildman–Crippen MR) is 93.1 cm³/mol. The molecule has 1 unspecified atom stereocenters. The van der Waals surface area contributed by atoms with Crippen LogP contribution < -0.4 is 9.42 Å². The van der Waals surface area contributed by atoms with E-state index in [1.54, 1.807) is 31.2 Å². The smallest absolute Gasteiger partial charge is 0.395 e. The summed E-state index contributed by atoms with van der Waals surface area (Å²) in [7, 11) is -2.34. The lowest BCUT2D eigenvalue weighted by molar-refractivity contribution is -0.170. The Kier molecular flexibility index (Phi) is 7.97. The van der Waals surface area contributed by atoms with Crippen molar-refractivity contribution in [2.75, 3.05) is 0 Å². The maximum atomic E-state index is 12.1. The first-order valence-electron chi connectivity index (χ1n) is 8.36. The Morgan fingerprint density at radius 1 is 1.21 bits per heavy atom. The first-order chi connectivity index (χ1) is 11.5. The molecule has 0 radical (unpaired) electrons. The summed E-state index contributed by atoms with van der Waals surface area (Å²) >= 11 is 5.78. The summed E-state index contributed by atoms with van der Waals surface area (Å²) in [4.78, 5) is 24.0. The van der Waals surface area contributed by atoms with Crippen molar-refractivity contribution in [2.45, 2.75) is 64.0 Å². The van der Waals surface area contributed by atoms with Gasteiger partial charge in [-0.15, -0.1) is 0 Å². The molecule has 1 aromatic carbocycles. The molecular formula is C17H23ClNO4P. The summed E-state index contributed by atoms with van der Waals surface area (Å²) in [5.41, 5.74) is 0. The number of halogens is 1. The van der Waals surface area contributed by atoms with Crippen molar-refractivity contribution in [3.63, 3.8) is 0 Å². The lowest BCUT2D eigenvalue weighted by Gasteiger charge is -2.20. The van der Waals surface area contributed by atoms with Crippen molar-refractivity contribution in [1.82, 2.24) is 0 Å². The third-order valence-corrected chi connectivity index (χ3v) is 5.09. The van der Waals surface area contributed by atoms with Crippen LogP contribution in [0.4, 0.5) is 0 Å². The zero-order chi connectivity index (χ0) is 17.4. The van der Waals surface area contributed by atoms with E-state index in [0.717, 1.165) is 25.7 Å². The topological polar surface area (TPSA) is 71.0 Å². The van der Waals surface area contributed by atoms with E-state index in [9.17, 15) is 9.69 Å². The Balaban J connectivity index is 1.85. The van der Waals surface area contributed by atoms with Crippen LogP contribution in [0.5, 0.6) is 5.75 Å². The summed E-state index contributed by atoms with van der Waals surface area (Å²) < 4.78 is 14.6. The van der Waals surface area contributed by atoms with Crippen molar-refractivity contribution in [1.29, 1.82) is 0 Å². The van der Waals surface area contributed by atoms with E-state index in [0.29, 0.717) is 10.8 Å². The number of nitrogens with zero attached hydrogens (tertiary/aromatic N) is 1. The molecule has 7 heteroatoms. The van der Waals surface area contributed by atoms with Gasteiger partial charge in [0.25, 0.3) is 0 Å². The zero-order valence-corrected chi connectivity index (χ0v) is 15.5. The number of rotatable bonds is 5. The molecule has 1 fully saturated rings. The highest BCUT2D eigenvalue weighted by molar-refractivity contribution is 7.34. The van der Waals surface area contributed by atoms with E-state index in [-0.39, 0.29) is 6.10 Å². The van der Waals surface area contributed by atoms with Crippen LogP contribution >= 0.6 is 19.8 Å². The molecule has 1 saturated carbocycles. The van der Waals surface area contributed by atoms with Gasteiger partial charge in [-0.25, -0.2) is 4.79 Å². The summed E-state index contributed by atoms with van der Waals surface area (Å²) in [6.45, 7) is 1.57. The van der Waals surface area contributed by atoms with Gasteiger partial charge in [0.2, 0.25) is 0 Å². The molecule has 0 aliphatic heterocycles. The highest BCUT2D eigenvalue weighted by atomic mass is 35.5. The molecule has 132 valence electrons. The second-order valence-electron chi connectivity index (χ2n) is 5.98. The van der Waals surface area contributed by atoms with Gasteiger partial charge in [0, 0.05) is 5.02 Å². The minimum Gasteiger partial charge on any atom is -0.575 e. The number of benzene rings is 1. The van der Waals surface area contributed by atoms with E-state index in [1.807, 2.05) is 0 Å². The van der Waals surface area contributed by atoms with Gasteiger partial charge in [-0.05, 0) is 56.9 Å². The highest BCUT2D eigenvalue weighted by Gasteiger charge is 2.23. The second kappa shape index (κ2) is 9.97. The van der Waals surface area contributed by atoms with Crippen LogP contribution in [-0.4, -0.2) is 18.1 Å². The number of hydrogen-bond donors (Lipinski definition) is 0. The van der Waals surface area contributed by atoms with Crippen molar-refractivity contribution in [3.05, 3.63) is 29.3 Å². The van der Waals surface area contributed by atoms with E-state index < -0.39 is 20.2 Å². The molecule has 24 heavy (non-hydrogen) atoms. The number of esters is 1. The van der Waals surface area contributed by atoms with Crippen molar-refractivity contribution in [3.8, 4) is 5.75 Å². The van der Waals surface area contributed by atoms with Gasteiger partial charge < -0.3 is 9.63 Å². The third-order valence-electron chi connectivity index (χ3n) is 3.94. The monoisotopic (exact) mass is 371 g/mol. The Morgan fingerprint density at radius 3 is 2.42 bits per heavy atom. The first-order valence-corrected chi connectivity index (χ1v) is 9.87. The minimum absolute atomic E-state index is 0.0505. The number of hydrogen-bond acceptors (Lipinski definition) is 5. The van der Waals surface area contributed by atoms with Crippen LogP contribution in [-0.2, 0) is 9.53 Å². The van der Waals surface area contributed by atoms with Crippen molar-refractivity contribution >= 4 is 25.7 Å². The fourth-order valence-corrected chi connectivity index (χ4v) is 3.45. The van der Waals surface area contributed by atoms with Crippen LogP contribution in [0.25, 0.3) is 0 Å². The molecule has 5 nitrogen and oxygen atoms in total. The SMILES string of the molecule is C[C@H](N=[P+]([O-])Oc1ccc(Cl)cc1)C(=O)OC1CCCCCCC1. The predicted octanol–water partition coefficient (Wildman–Crippen LogP) is 4.62. The van der Waals surface area contributed by atoms with Gasteiger partial charge >= 0.3 is 14.1 Å². The quantitative estimate of drug-likeness (QED) is 0.559. The highest BCUT2D eigenvalue weighted by Crippen LogP contribution is 2.26. The maximum Gasteiger partial charge on any atom is 0.395 e. The Hall–Kier alpha value is -1.16. The fourth-order valence-electron chi connectivity index (χ4n) is 2.60. The van der Waals surface area contributed by atoms with Crippen LogP contribution in [0.3, 0.4) is 0 Å². The average Bonchev–Trinajstić information content (AvgIpc) is 2.51. The second-order valence-corrected chi connectivity index (χ2v) is 7.30. The zero-order valence-electron chi connectivity index (χ0n) is 13.8. The van der Waals surface area contributed by atoms with Gasteiger partial charge in [-0.2, -0.15) is 0 Å². The molecule has 0 aromatic heterocycles. The molecule has 2 rings (SSSR count). The Morgan fingerprint density at radius 2 is 1.79 bits per heavy atom. The standard InChI is InChI=1S/C17H23ClNO4P/c1-13(17(20)22-15-7-5-3-2-4-6-8-15)19-24(21)23-16-11-9-14(18)10-12-16/h9-13,15H,2-8H2,1H3/t13-/m0/s1. The van der Waals surface area contributed by atoms with Crippen LogP contribution in [0.1, 0.15) is 51.9 Å². The molecule has 2 atom stereocenters. The first kappa shape index (κ1) is 19.2. The van der Waals surface area contributed by atoms with E-state index in [2.05, 4.69) is 4.74 Å². The molecule has 1 aromatic rings. The van der Waals surface area contributed by atoms with Gasteiger partial charge in [0.05, 0.1) is 0 Å². The van der Waals surface area contributed by atoms with Crippen LogP contribution in [0, 0.1) is 0 Å². The largest absolute Gasteiger partial charge is 0.575 e. The van der Waals surface area contributed by atoms with Crippen molar-refractivity contribution in [2.24, 2.45) is 4.74 Å². The number of ether oxygens (including phenoxy) is 1. The van der Waals surface area contributed by atoms with E-state index in [4.69, 9.17) is 20.9 Å². The summed E-state index contributed by atoms with van der Waals surface area (Å²) in [6, 6.07) is 5.65. The Bertz CT molecular complexity index is 556. The van der Waals surface area contributed by atoms with Gasteiger partial charge in [0.1, 0.15) is 6.10 Å². The summed E-state index contributed by atoms with van der Waals surface area (Å²) in [5.74, 6) is -0.0477. The number of carbonyl (C=O) groups is 1. The van der Waals surface area contributed by atoms with Gasteiger partial charge in [0.15, 0.2) is 11.8 Å². The molecule has 0 saturated heterocycles. The Labute approximate surface area is 149 Å². The normalized spacial score (nSPS) is 18.4. The van der Waals surface area contributed by atoms with Gasteiger partial charge in [-0.1, -0.05) is 35.6 Å². The number of carbonyl (C=O) groups excluding carboxylic acids is 1. The molecule has 1 aliphatic rings. The van der Waals surface area contributed by atoms with Gasteiger partial charge in [-0.3, -0.25) is 4.52 Å². The third kappa shape index (κ3) is 6.76. The lowest BCUT2D eigenvalue weighted by Crippen LogP contribution is -2.25. The van der Waals surface area contributed by atoms with Crippen molar-refractivity contribution < 1.29 is 18.9 Å². The average molecular weight is 372 g/mol. The molecule has 0 spiro atoms. The van der Waals surface area contributed by atoms with Crippen LogP contribution in [0.15, 0.2) is 29.0 Å². The molecular weight excluding hydrogens is 349 g/mol.